The van der Waals surface area contributed by atoms with Gasteiger partial charge in [0.1, 0.15) is 11.5 Å². The third-order valence-corrected chi connectivity index (χ3v) is 6.29. The Morgan fingerprint density at radius 3 is 2.18 bits per heavy atom. The summed E-state index contributed by atoms with van der Waals surface area (Å²) in [5.74, 6) is 3.11. The van der Waals surface area contributed by atoms with Crippen LogP contribution in [0.3, 0.4) is 0 Å². The van der Waals surface area contributed by atoms with Crippen LogP contribution in [0.15, 0.2) is 48.7 Å². The lowest BCUT2D eigenvalue weighted by molar-refractivity contribution is 0.288. The molecular formula is C25H29N3O5S. The summed E-state index contributed by atoms with van der Waals surface area (Å²) in [6, 6.07) is 13.5. The SMILES string of the molecule is COc1ccc(OC)c(NC(=S)N2CCn3cccc3[C@H]2c2cc(OC)c(OC)c(OC)c2)c1. The molecule has 0 bridgehead atoms. The van der Waals surface area contributed by atoms with E-state index < -0.39 is 0 Å². The average molecular weight is 484 g/mol. The Balaban J connectivity index is 1.76. The number of anilines is 1. The molecule has 1 N–H and O–H groups in total. The van der Waals surface area contributed by atoms with Gasteiger partial charge in [0.25, 0.3) is 0 Å². The third-order valence-electron chi connectivity index (χ3n) is 5.95. The molecule has 0 saturated heterocycles. The number of methoxy groups -OCH3 is 5. The highest BCUT2D eigenvalue weighted by Gasteiger charge is 2.32. The molecule has 0 amide bonds. The number of ether oxygens (including phenoxy) is 5. The van der Waals surface area contributed by atoms with E-state index in [2.05, 4.69) is 27.0 Å². The Morgan fingerprint density at radius 1 is 0.853 bits per heavy atom. The number of nitrogens with zero attached hydrogens (tertiary/aromatic N) is 2. The van der Waals surface area contributed by atoms with Gasteiger partial charge in [-0.3, -0.25) is 0 Å². The van der Waals surface area contributed by atoms with Crippen LogP contribution in [0.4, 0.5) is 5.69 Å². The fraction of sp³-hybridized carbons (Fsp3) is 0.320. The minimum Gasteiger partial charge on any atom is -0.497 e. The summed E-state index contributed by atoms with van der Waals surface area (Å²) in [6.07, 6.45) is 2.08. The van der Waals surface area contributed by atoms with Gasteiger partial charge in [-0.1, -0.05) is 0 Å². The number of rotatable bonds is 7. The molecule has 4 rings (SSSR count). The van der Waals surface area contributed by atoms with Gasteiger partial charge < -0.3 is 38.5 Å². The van der Waals surface area contributed by atoms with Gasteiger partial charge in [-0.2, -0.15) is 0 Å². The van der Waals surface area contributed by atoms with Crippen LogP contribution in [-0.2, 0) is 6.54 Å². The maximum absolute atomic E-state index is 5.92. The first-order chi connectivity index (χ1) is 16.5. The predicted octanol–water partition coefficient (Wildman–Crippen LogP) is 4.33. The van der Waals surface area contributed by atoms with E-state index >= 15 is 0 Å². The molecule has 2 heterocycles. The number of hydrogen-bond donors (Lipinski definition) is 1. The maximum Gasteiger partial charge on any atom is 0.203 e. The summed E-state index contributed by atoms with van der Waals surface area (Å²) in [7, 11) is 8.08. The second-order valence-corrected chi connectivity index (χ2v) is 8.06. The summed E-state index contributed by atoms with van der Waals surface area (Å²) >= 11 is 5.92. The molecule has 1 atom stereocenters. The molecule has 0 aliphatic carbocycles. The Labute approximate surface area is 204 Å². The average Bonchev–Trinajstić information content (AvgIpc) is 3.36. The molecule has 2 aromatic carbocycles. The van der Waals surface area contributed by atoms with Gasteiger partial charge in [0.05, 0.1) is 47.3 Å². The first-order valence-electron chi connectivity index (χ1n) is 10.8. The summed E-state index contributed by atoms with van der Waals surface area (Å²) < 4.78 is 29.9. The second-order valence-electron chi connectivity index (χ2n) is 7.68. The number of nitrogens with one attached hydrogen (secondary N) is 1. The number of benzene rings is 2. The normalized spacial score (nSPS) is 14.7. The smallest absolute Gasteiger partial charge is 0.203 e. The summed E-state index contributed by atoms with van der Waals surface area (Å²) in [4.78, 5) is 2.16. The van der Waals surface area contributed by atoms with Gasteiger partial charge in [0.15, 0.2) is 16.6 Å². The topological polar surface area (TPSA) is 66.4 Å². The molecule has 0 radical (unpaired) electrons. The molecular weight excluding hydrogens is 454 g/mol. The van der Waals surface area contributed by atoms with Crippen LogP contribution in [0.25, 0.3) is 0 Å². The first-order valence-corrected chi connectivity index (χ1v) is 11.2. The summed E-state index contributed by atoms with van der Waals surface area (Å²) in [6.45, 7) is 1.52. The largest absolute Gasteiger partial charge is 0.497 e. The van der Waals surface area contributed by atoms with Gasteiger partial charge >= 0.3 is 0 Å². The Morgan fingerprint density at radius 2 is 1.56 bits per heavy atom. The van der Waals surface area contributed by atoms with Crippen LogP contribution in [0, 0.1) is 0 Å². The van der Waals surface area contributed by atoms with E-state index in [0.29, 0.717) is 40.4 Å². The van der Waals surface area contributed by atoms with Crippen LogP contribution >= 0.6 is 12.2 Å². The van der Waals surface area contributed by atoms with Crippen LogP contribution in [-0.4, -0.2) is 56.7 Å². The maximum atomic E-state index is 5.92. The van der Waals surface area contributed by atoms with E-state index in [4.69, 9.17) is 35.9 Å². The van der Waals surface area contributed by atoms with Crippen molar-refractivity contribution < 1.29 is 23.7 Å². The van der Waals surface area contributed by atoms with Gasteiger partial charge in [-0.15, -0.1) is 0 Å². The van der Waals surface area contributed by atoms with Crippen molar-refractivity contribution in [2.75, 3.05) is 47.4 Å². The molecule has 0 fully saturated rings. The lowest BCUT2D eigenvalue weighted by Gasteiger charge is -2.39. The number of hydrogen-bond acceptors (Lipinski definition) is 6. The van der Waals surface area contributed by atoms with Gasteiger partial charge in [0, 0.05) is 31.0 Å². The number of fused-ring (bicyclic) bond motifs is 1. The van der Waals surface area contributed by atoms with Crippen LogP contribution in [0.5, 0.6) is 28.7 Å². The van der Waals surface area contributed by atoms with Crippen molar-refractivity contribution in [2.24, 2.45) is 0 Å². The fourth-order valence-electron chi connectivity index (χ4n) is 4.31. The van der Waals surface area contributed by atoms with Gasteiger partial charge in [-0.05, 0) is 54.2 Å². The highest BCUT2D eigenvalue weighted by Crippen LogP contribution is 2.43. The number of thiocarbonyl (C=S) groups is 1. The molecule has 0 spiro atoms. The Kier molecular flexibility index (Phi) is 7.02. The lowest BCUT2D eigenvalue weighted by atomic mass is 9.99. The predicted molar refractivity (Wildman–Crippen MR) is 135 cm³/mol. The van der Waals surface area contributed by atoms with E-state index in [1.807, 2.05) is 36.4 Å². The molecule has 34 heavy (non-hydrogen) atoms. The molecule has 0 saturated carbocycles. The van der Waals surface area contributed by atoms with Gasteiger partial charge in [-0.25, -0.2) is 0 Å². The van der Waals surface area contributed by atoms with E-state index in [-0.39, 0.29) is 6.04 Å². The molecule has 3 aromatic rings. The van der Waals surface area contributed by atoms with E-state index in [1.54, 1.807) is 35.5 Å². The molecule has 0 unspecified atom stereocenters. The molecule has 1 aliphatic rings. The Hall–Kier alpha value is -3.59. The number of aromatic nitrogens is 1. The second kappa shape index (κ2) is 10.1. The fourth-order valence-corrected chi connectivity index (χ4v) is 4.62. The standard InChI is InChI=1S/C25H29N3O5S/c1-29-17-8-9-20(30-2)18(15-17)26-25(34)28-12-11-27-10-6-7-19(27)23(28)16-13-21(31-3)24(33-5)22(14-16)32-4/h6-10,13-15,23H,11-12H2,1-5H3,(H,26,34)/t23-/m1/s1. The zero-order valence-corrected chi connectivity index (χ0v) is 20.8. The summed E-state index contributed by atoms with van der Waals surface area (Å²) in [5, 5.41) is 3.93. The van der Waals surface area contributed by atoms with Crippen LogP contribution < -0.4 is 29.0 Å². The van der Waals surface area contributed by atoms with Gasteiger partial charge in [0.2, 0.25) is 5.75 Å². The third kappa shape index (κ3) is 4.31. The lowest BCUT2D eigenvalue weighted by Crippen LogP contribution is -2.44. The molecule has 1 aliphatic heterocycles. The van der Waals surface area contributed by atoms with Crippen molar-refractivity contribution in [3.63, 3.8) is 0 Å². The monoisotopic (exact) mass is 483 g/mol. The van der Waals surface area contributed by atoms with E-state index in [1.165, 1.54) is 0 Å². The van der Waals surface area contributed by atoms with E-state index in [9.17, 15) is 0 Å². The minimum atomic E-state index is -0.172. The van der Waals surface area contributed by atoms with Crippen molar-refractivity contribution >= 4 is 23.0 Å². The zero-order chi connectivity index (χ0) is 24.2. The van der Waals surface area contributed by atoms with E-state index in [0.717, 1.165) is 23.5 Å². The van der Waals surface area contributed by atoms with Crippen LogP contribution in [0.2, 0.25) is 0 Å². The van der Waals surface area contributed by atoms with Crippen molar-refractivity contribution in [3.05, 3.63) is 59.9 Å². The van der Waals surface area contributed by atoms with Crippen molar-refractivity contribution in [3.8, 4) is 28.7 Å². The molecule has 9 heteroatoms. The highest BCUT2D eigenvalue weighted by molar-refractivity contribution is 7.80. The molecule has 1 aromatic heterocycles. The van der Waals surface area contributed by atoms with Crippen molar-refractivity contribution in [1.82, 2.24) is 9.47 Å². The minimum absolute atomic E-state index is 0.172. The first kappa shape index (κ1) is 23.6. The quantitative estimate of drug-likeness (QED) is 0.498. The highest BCUT2D eigenvalue weighted by atomic mass is 32.1. The van der Waals surface area contributed by atoms with Crippen LogP contribution in [0.1, 0.15) is 17.3 Å². The molecule has 8 nitrogen and oxygen atoms in total. The zero-order valence-electron chi connectivity index (χ0n) is 20.0. The van der Waals surface area contributed by atoms with Crippen molar-refractivity contribution in [2.45, 2.75) is 12.6 Å². The van der Waals surface area contributed by atoms with Crippen molar-refractivity contribution in [1.29, 1.82) is 0 Å². The Bertz CT molecular complexity index is 1150. The summed E-state index contributed by atoms with van der Waals surface area (Å²) in [5.41, 5.74) is 2.81. The molecule has 180 valence electrons.